The Hall–Kier alpha value is -2.86. The minimum Gasteiger partial charge on any atom is -0.352 e. The lowest BCUT2D eigenvalue weighted by Crippen LogP contribution is -2.32. The fourth-order valence-electron chi connectivity index (χ4n) is 2.90. The molecule has 2 aromatic rings. The van der Waals surface area contributed by atoms with Gasteiger partial charge in [0.1, 0.15) is 6.04 Å². The first-order chi connectivity index (χ1) is 13.0. The van der Waals surface area contributed by atoms with Gasteiger partial charge in [0.25, 0.3) is 5.91 Å². The average Bonchev–Trinajstić information content (AvgIpc) is 2.93. The van der Waals surface area contributed by atoms with Gasteiger partial charge in [-0.1, -0.05) is 54.1 Å². The summed E-state index contributed by atoms with van der Waals surface area (Å²) < 4.78 is 0. The highest BCUT2D eigenvalue weighted by atomic mass is 35.5. The summed E-state index contributed by atoms with van der Waals surface area (Å²) in [7, 11) is 0. The van der Waals surface area contributed by atoms with E-state index in [1.807, 2.05) is 42.5 Å². The van der Waals surface area contributed by atoms with Crippen LogP contribution >= 0.6 is 11.6 Å². The van der Waals surface area contributed by atoms with Gasteiger partial charge in [-0.15, -0.1) is 0 Å². The molecule has 3 rings (SSSR count). The predicted octanol–water partition coefficient (Wildman–Crippen LogP) is 2.86. The highest BCUT2D eigenvalue weighted by Gasteiger charge is 2.37. The summed E-state index contributed by atoms with van der Waals surface area (Å²) >= 11 is 5.91. The molecule has 140 valence electrons. The lowest BCUT2D eigenvalue weighted by Gasteiger charge is -2.13. The van der Waals surface area contributed by atoms with E-state index in [1.165, 1.54) is 4.90 Å². The molecule has 2 N–H and O–H groups in total. The molecule has 0 spiro atoms. The third-order valence-electron chi connectivity index (χ3n) is 4.33. The van der Waals surface area contributed by atoms with Crippen LogP contribution in [-0.2, 0) is 22.7 Å². The van der Waals surface area contributed by atoms with Crippen LogP contribution in [0.25, 0.3) is 0 Å². The number of urea groups is 1. The Balaban J connectivity index is 1.47. The highest BCUT2D eigenvalue weighted by molar-refractivity contribution is 6.30. The van der Waals surface area contributed by atoms with Gasteiger partial charge in [-0.3, -0.25) is 14.5 Å². The van der Waals surface area contributed by atoms with Crippen LogP contribution in [0.3, 0.4) is 0 Å². The van der Waals surface area contributed by atoms with E-state index in [9.17, 15) is 14.4 Å². The van der Waals surface area contributed by atoms with E-state index in [2.05, 4.69) is 10.6 Å². The molecular weight excluding hydrogens is 366 g/mol. The molecule has 1 fully saturated rings. The molecule has 27 heavy (non-hydrogen) atoms. The summed E-state index contributed by atoms with van der Waals surface area (Å²) in [6.45, 7) is 0.591. The lowest BCUT2D eigenvalue weighted by atomic mass is 10.1. The van der Waals surface area contributed by atoms with Gasteiger partial charge in [-0.2, -0.15) is 0 Å². The van der Waals surface area contributed by atoms with Crippen molar-refractivity contribution in [3.8, 4) is 0 Å². The number of hydrogen-bond acceptors (Lipinski definition) is 3. The van der Waals surface area contributed by atoms with Crippen molar-refractivity contribution in [1.82, 2.24) is 15.5 Å². The Labute approximate surface area is 162 Å². The van der Waals surface area contributed by atoms with Crippen LogP contribution < -0.4 is 10.6 Å². The number of nitrogens with one attached hydrogen (secondary N) is 2. The van der Waals surface area contributed by atoms with E-state index in [1.54, 1.807) is 12.1 Å². The van der Waals surface area contributed by atoms with Crippen LogP contribution in [0.2, 0.25) is 5.02 Å². The maximum atomic E-state index is 12.4. The Morgan fingerprint density at radius 2 is 1.81 bits per heavy atom. The second-order valence-electron chi connectivity index (χ2n) is 6.36. The molecule has 0 aromatic heterocycles. The molecule has 4 amide bonds. The molecule has 6 nitrogen and oxygen atoms in total. The zero-order chi connectivity index (χ0) is 19.2. The molecule has 1 saturated heterocycles. The summed E-state index contributed by atoms with van der Waals surface area (Å²) in [5, 5.41) is 6.05. The predicted molar refractivity (Wildman–Crippen MR) is 102 cm³/mol. The number of benzene rings is 2. The van der Waals surface area contributed by atoms with Crippen molar-refractivity contribution >= 4 is 29.4 Å². The molecule has 0 unspecified atom stereocenters. The SMILES string of the molecule is O=C(CC[C@H]1NC(=O)N(Cc2ccccc2)C1=O)NCc1cccc(Cl)c1. The van der Waals surface area contributed by atoms with Gasteiger partial charge < -0.3 is 10.6 Å². The second-order valence-corrected chi connectivity index (χ2v) is 6.79. The molecule has 0 aliphatic carbocycles. The maximum absolute atomic E-state index is 12.4. The molecule has 1 heterocycles. The number of carbonyl (C=O) groups is 3. The largest absolute Gasteiger partial charge is 0.352 e. The Kier molecular flexibility index (Phi) is 6.08. The van der Waals surface area contributed by atoms with Crippen LogP contribution in [0, 0.1) is 0 Å². The van der Waals surface area contributed by atoms with Crippen LogP contribution in [0.4, 0.5) is 4.79 Å². The van der Waals surface area contributed by atoms with Crippen molar-refractivity contribution in [3.05, 3.63) is 70.7 Å². The fourth-order valence-corrected chi connectivity index (χ4v) is 3.11. The molecule has 2 aromatic carbocycles. The molecule has 1 aliphatic rings. The van der Waals surface area contributed by atoms with Crippen molar-refractivity contribution in [2.45, 2.75) is 32.0 Å². The summed E-state index contributed by atoms with van der Waals surface area (Å²) in [5.74, 6) is -0.481. The number of imide groups is 1. The first-order valence-electron chi connectivity index (χ1n) is 8.70. The number of halogens is 1. The fraction of sp³-hybridized carbons (Fsp3) is 0.250. The van der Waals surface area contributed by atoms with E-state index in [-0.39, 0.29) is 31.2 Å². The number of hydrogen-bond donors (Lipinski definition) is 2. The van der Waals surface area contributed by atoms with E-state index < -0.39 is 12.1 Å². The van der Waals surface area contributed by atoms with Crippen LogP contribution in [0.15, 0.2) is 54.6 Å². The molecule has 7 heteroatoms. The normalized spacial score (nSPS) is 16.3. The van der Waals surface area contributed by atoms with Gasteiger partial charge in [-0.25, -0.2) is 4.79 Å². The van der Waals surface area contributed by atoms with Gasteiger partial charge in [0.05, 0.1) is 6.54 Å². The molecule has 0 radical (unpaired) electrons. The number of rotatable bonds is 7. The minimum absolute atomic E-state index is 0.149. The van der Waals surface area contributed by atoms with Crippen LogP contribution in [0.5, 0.6) is 0 Å². The van der Waals surface area contributed by atoms with Crippen LogP contribution in [0.1, 0.15) is 24.0 Å². The first-order valence-corrected chi connectivity index (χ1v) is 9.07. The summed E-state index contributed by atoms with van der Waals surface area (Å²) in [5.41, 5.74) is 1.77. The average molecular weight is 386 g/mol. The zero-order valence-electron chi connectivity index (χ0n) is 14.7. The zero-order valence-corrected chi connectivity index (χ0v) is 15.4. The van der Waals surface area contributed by atoms with E-state index in [4.69, 9.17) is 11.6 Å². The standard InChI is InChI=1S/C20H20ClN3O3/c21-16-8-4-7-15(11-16)12-22-18(25)10-9-17-19(26)24(20(27)23-17)13-14-5-2-1-3-6-14/h1-8,11,17H,9-10,12-13H2,(H,22,25)(H,23,27)/t17-/m1/s1. The Morgan fingerprint density at radius 3 is 2.56 bits per heavy atom. The smallest absolute Gasteiger partial charge is 0.325 e. The van der Waals surface area contributed by atoms with Crippen molar-refractivity contribution < 1.29 is 14.4 Å². The minimum atomic E-state index is -0.668. The molecule has 1 aliphatic heterocycles. The first kappa shape index (κ1) is 18.9. The quantitative estimate of drug-likeness (QED) is 0.719. The topological polar surface area (TPSA) is 78.5 Å². The van der Waals surface area contributed by atoms with Gasteiger partial charge >= 0.3 is 6.03 Å². The van der Waals surface area contributed by atoms with Crippen LogP contribution in [-0.4, -0.2) is 28.8 Å². The Morgan fingerprint density at radius 1 is 1.07 bits per heavy atom. The number of nitrogens with zero attached hydrogens (tertiary/aromatic N) is 1. The Bertz CT molecular complexity index is 841. The van der Waals surface area contributed by atoms with Gasteiger partial charge in [-0.05, 0) is 29.7 Å². The van der Waals surface area contributed by atoms with Crippen molar-refractivity contribution in [1.29, 1.82) is 0 Å². The maximum Gasteiger partial charge on any atom is 0.325 e. The van der Waals surface area contributed by atoms with Gasteiger partial charge in [0, 0.05) is 18.0 Å². The molecule has 0 bridgehead atoms. The van der Waals surface area contributed by atoms with Crippen molar-refractivity contribution in [3.63, 3.8) is 0 Å². The van der Waals surface area contributed by atoms with E-state index in [0.717, 1.165) is 11.1 Å². The second kappa shape index (κ2) is 8.68. The summed E-state index contributed by atoms with van der Waals surface area (Å²) in [4.78, 5) is 37.7. The number of amides is 4. The van der Waals surface area contributed by atoms with Gasteiger partial charge in [0.2, 0.25) is 5.91 Å². The highest BCUT2D eigenvalue weighted by Crippen LogP contribution is 2.15. The van der Waals surface area contributed by atoms with Crippen molar-refractivity contribution in [2.24, 2.45) is 0 Å². The van der Waals surface area contributed by atoms with Gasteiger partial charge in [0.15, 0.2) is 0 Å². The summed E-state index contributed by atoms with van der Waals surface area (Å²) in [6.07, 6.45) is 0.410. The molecular formula is C20H20ClN3O3. The molecule has 1 atom stereocenters. The lowest BCUT2D eigenvalue weighted by molar-refractivity contribution is -0.128. The monoisotopic (exact) mass is 385 g/mol. The van der Waals surface area contributed by atoms with E-state index >= 15 is 0 Å². The molecule has 0 saturated carbocycles. The third kappa shape index (κ3) is 5.08. The third-order valence-corrected chi connectivity index (χ3v) is 4.56. The number of carbonyl (C=O) groups excluding carboxylic acids is 3. The summed E-state index contributed by atoms with van der Waals surface area (Å²) in [6, 6.07) is 15.4. The van der Waals surface area contributed by atoms with Crippen molar-refractivity contribution in [2.75, 3.05) is 0 Å². The van der Waals surface area contributed by atoms with E-state index in [0.29, 0.717) is 11.6 Å².